The second kappa shape index (κ2) is 5.44. The van der Waals surface area contributed by atoms with Crippen LogP contribution in [0.15, 0.2) is 0 Å². The van der Waals surface area contributed by atoms with Gasteiger partial charge in [0.1, 0.15) is 18.1 Å². The third-order valence-electron chi connectivity index (χ3n) is 4.91. The summed E-state index contributed by atoms with van der Waals surface area (Å²) < 4.78 is 16.9. The number of fused-ring (bicyclic) bond motifs is 1. The van der Waals surface area contributed by atoms with Crippen molar-refractivity contribution in [2.45, 2.75) is 77.0 Å². The molecule has 4 atom stereocenters. The Kier molecular flexibility index (Phi) is 4.00. The Labute approximate surface area is 132 Å². The van der Waals surface area contributed by atoms with Crippen molar-refractivity contribution in [1.29, 1.82) is 0 Å². The summed E-state index contributed by atoms with van der Waals surface area (Å²) in [5.41, 5.74) is -0.0703. The van der Waals surface area contributed by atoms with Gasteiger partial charge in [-0.25, -0.2) is 0 Å². The van der Waals surface area contributed by atoms with E-state index in [1.165, 1.54) is 0 Å². The Bertz CT molecular complexity index is 450. The van der Waals surface area contributed by atoms with Gasteiger partial charge in [-0.2, -0.15) is 5.06 Å². The Hall–Kier alpha value is -0.690. The molecule has 0 saturated carbocycles. The van der Waals surface area contributed by atoms with Crippen LogP contribution in [-0.4, -0.2) is 53.8 Å². The summed E-state index contributed by atoms with van der Waals surface area (Å²) in [5, 5.41) is 1.99. The maximum absolute atomic E-state index is 12.5. The Balaban J connectivity index is 1.83. The Morgan fingerprint density at radius 2 is 2.05 bits per heavy atom. The molecule has 0 N–H and O–H groups in total. The molecule has 3 rings (SSSR count). The van der Waals surface area contributed by atoms with Crippen molar-refractivity contribution in [1.82, 2.24) is 5.06 Å². The SMILES string of the molecule is CCOC(=O)[C@H]1[C@H]([C@H]2COC(C)(C)O2)ON2[C@H]1CCC2(C)C. The van der Waals surface area contributed by atoms with Gasteiger partial charge >= 0.3 is 5.97 Å². The van der Waals surface area contributed by atoms with Crippen LogP contribution in [0.5, 0.6) is 0 Å². The first-order valence-electron chi connectivity index (χ1n) is 8.20. The predicted molar refractivity (Wildman–Crippen MR) is 78.8 cm³/mol. The first-order valence-corrected chi connectivity index (χ1v) is 8.20. The minimum absolute atomic E-state index is 0.0614. The summed E-state index contributed by atoms with van der Waals surface area (Å²) in [6, 6.07) is 0.0614. The number of nitrogens with zero attached hydrogens (tertiary/aromatic N) is 1. The van der Waals surface area contributed by atoms with E-state index in [-0.39, 0.29) is 35.7 Å². The molecule has 3 fully saturated rings. The van der Waals surface area contributed by atoms with Gasteiger partial charge in [0.15, 0.2) is 5.79 Å². The molecule has 0 radical (unpaired) electrons. The van der Waals surface area contributed by atoms with Crippen molar-refractivity contribution in [3.63, 3.8) is 0 Å². The van der Waals surface area contributed by atoms with Crippen molar-refractivity contribution in [3.8, 4) is 0 Å². The predicted octanol–water partition coefficient (Wildman–Crippen LogP) is 1.87. The maximum atomic E-state index is 12.5. The number of carbonyl (C=O) groups is 1. The number of carbonyl (C=O) groups excluding carboxylic acids is 1. The van der Waals surface area contributed by atoms with Crippen molar-refractivity contribution in [2.24, 2.45) is 5.92 Å². The summed E-state index contributed by atoms with van der Waals surface area (Å²) in [7, 11) is 0. The van der Waals surface area contributed by atoms with Gasteiger partial charge in [0.2, 0.25) is 0 Å². The molecule has 0 bridgehead atoms. The minimum Gasteiger partial charge on any atom is -0.466 e. The van der Waals surface area contributed by atoms with Crippen molar-refractivity contribution in [2.75, 3.05) is 13.2 Å². The fourth-order valence-electron chi connectivity index (χ4n) is 3.85. The van der Waals surface area contributed by atoms with E-state index >= 15 is 0 Å². The highest BCUT2D eigenvalue weighted by Gasteiger charge is 2.59. The quantitative estimate of drug-likeness (QED) is 0.742. The van der Waals surface area contributed by atoms with Crippen molar-refractivity contribution < 1.29 is 23.8 Å². The number of esters is 1. The molecule has 3 aliphatic rings. The van der Waals surface area contributed by atoms with Gasteiger partial charge < -0.3 is 14.2 Å². The molecule has 3 saturated heterocycles. The van der Waals surface area contributed by atoms with Gasteiger partial charge in [0.05, 0.1) is 19.3 Å². The van der Waals surface area contributed by atoms with E-state index in [0.29, 0.717) is 13.2 Å². The summed E-state index contributed by atoms with van der Waals surface area (Å²) >= 11 is 0. The van der Waals surface area contributed by atoms with Crippen LogP contribution < -0.4 is 0 Å². The van der Waals surface area contributed by atoms with E-state index in [1.807, 2.05) is 25.8 Å². The van der Waals surface area contributed by atoms with Gasteiger partial charge in [0.25, 0.3) is 0 Å². The largest absolute Gasteiger partial charge is 0.466 e. The number of hydroxylamine groups is 2. The number of hydrogen-bond donors (Lipinski definition) is 0. The zero-order valence-electron chi connectivity index (χ0n) is 14.1. The highest BCUT2D eigenvalue weighted by atomic mass is 16.8. The van der Waals surface area contributed by atoms with Crippen LogP contribution >= 0.6 is 0 Å². The molecule has 3 aliphatic heterocycles. The van der Waals surface area contributed by atoms with Gasteiger partial charge in [-0.05, 0) is 47.5 Å². The van der Waals surface area contributed by atoms with Crippen LogP contribution in [0.1, 0.15) is 47.5 Å². The average molecular weight is 313 g/mol. The van der Waals surface area contributed by atoms with Crippen LogP contribution in [0.2, 0.25) is 0 Å². The molecule has 0 amide bonds. The average Bonchev–Trinajstić information content (AvgIpc) is 3.04. The van der Waals surface area contributed by atoms with Crippen molar-refractivity contribution in [3.05, 3.63) is 0 Å². The van der Waals surface area contributed by atoms with Gasteiger partial charge in [-0.3, -0.25) is 9.63 Å². The molecule has 0 aromatic rings. The van der Waals surface area contributed by atoms with Crippen molar-refractivity contribution >= 4 is 5.97 Å². The molecule has 6 heteroatoms. The van der Waals surface area contributed by atoms with E-state index in [4.69, 9.17) is 19.0 Å². The van der Waals surface area contributed by atoms with Crippen LogP contribution in [0.4, 0.5) is 0 Å². The normalized spacial score (nSPS) is 39.9. The molecule has 6 nitrogen and oxygen atoms in total. The molecular formula is C16H27NO5. The topological polar surface area (TPSA) is 57.2 Å². The lowest BCUT2D eigenvalue weighted by atomic mass is 9.90. The standard InChI is InChI=1S/C16H27NO5/c1-6-19-14(18)12-10-7-8-15(2,3)17(10)22-13(12)11-9-20-16(4,5)21-11/h10-13H,6-9H2,1-5H3/t10-,11+,12+,13-/m0/s1. The monoisotopic (exact) mass is 313 g/mol. The molecule has 0 aliphatic carbocycles. The molecule has 126 valence electrons. The summed E-state index contributed by atoms with van der Waals surface area (Å²) in [5.74, 6) is -1.13. The Morgan fingerprint density at radius 1 is 1.32 bits per heavy atom. The minimum atomic E-state index is -0.629. The first kappa shape index (κ1) is 16.2. The van der Waals surface area contributed by atoms with Gasteiger partial charge in [-0.1, -0.05) is 0 Å². The molecule has 0 aromatic carbocycles. The molecule has 0 aromatic heterocycles. The molecular weight excluding hydrogens is 286 g/mol. The lowest BCUT2D eigenvalue weighted by Gasteiger charge is -2.30. The Morgan fingerprint density at radius 3 is 2.64 bits per heavy atom. The fraction of sp³-hybridized carbons (Fsp3) is 0.938. The highest BCUT2D eigenvalue weighted by Crippen LogP contribution is 2.46. The zero-order chi connectivity index (χ0) is 16.1. The van der Waals surface area contributed by atoms with E-state index in [1.54, 1.807) is 0 Å². The van der Waals surface area contributed by atoms with Gasteiger partial charge in [0, 0.05) is 5.54 Å². The molecule has 3 heterocycles. The third-order valence-corrected chi connectivity index (χ3v) is 4.91. The maximum Gasteiger partial charge on any atom is 0.313 e. The zero-order valence-corrected chi connectivity index (χ0v) is 14.1. The van der Waals surface area contributed by atoms with E-state index in [0.717, 1.165) is 12.8 Å². The lowest BCUT2D eigenvalue weighted by Crippen LogP contribution is -2.41. The van der Waals surface area contributed by atoms with Crippen LogP contribution in [-0.2, 0) is 23.8 Å². The fourth-order valence-corrected chi connectivity index (χ4v) is 3.85. The molecule has 22 heavy (non-hydrogen) atoms. The smallest absolute Gasteiger partial charge is 0.313 e. The molecule has 0 spiro atoms. The van der Waals surface area contributed by atoms with Crippen LogP contribution in [0.25, 0.3) is 0 Å². The van der Waals surface area contributed by atoms with E-state index < -0.39 is 5.79 Å². The van der Waals surface area contributed by atoms with E-state index in [2.05, 4.69) is 13.8 Å². The number of hydrogen-bond acceptors (Lipinski definition) is 6. The summed E-state index contributed by atoms with van der Waals surface area (Å²) in [6.45, 7) is 10.7. The second-order valence-electron chi connectivity index (χ2n) is 7.46. The third kappa shape index (κ3) is 2.66. The number of rotatable bonds is 3. The second-order valence-corrected chi connectivity index (χ2v) is 7.46. The summed E-state index contributed by atoms with van der Waals surface area (Å²) in [6.07, 6.45) is 1.36. The van der Waals surface area contributed by atoms with Crippen LogP contribution in [0, 0.1) is 5.92 Å². The number of ether oxygens (including phenoxy) is 3. The van der Waals surface area contributed by atoms with E-state index in [9.17, 15) is 4.79 Å². The molecule has 0 unspecified atom stereocenters. The first-order chi connectivity index (χ1) is 10.2. The highest BCUT2D eigenvalue weighted by molar-refractivity contribution is 5.74. The summed E-state index contributed by atoms with van der Waals surface area (Å²) in [4.78, 5) is 18.7. The lowest BCUT2D eigenvalue weighted by molar-refractivity contribution is -0.228. The van der Waals surface area contributed by atoms with Gasteiger partial charge in [-0.15, -0.1) is 0 Å². The van der Waals surface area contributed by atoms with Crippen LogP contribution in [0.3, 0.4) is 0 Å².